The van der Waals surface area contributed by atoms with Crippen LogP contribution in [0.15, 0.2) is 58.7 Å². The van der Waals surface area contributed by atoms with Crippen LogP contribution in [0.25, 0.3) is 0 Å². The summed E-state index contributed by atoms with van der Waals surface area (Å²) in [6.45, 7) is 6.14. The molecule has 0 atom stereocenters. The van der Waals surface area contributed by atoms with E-state index in [9.17, 15) is 9.18 Å². The molecule has 0 N–H and O–H groups in total. The number of aromatic nitrogens is 3. The van der Waals surface area contributed by atoms with Gasteiger partial charge in [-0.25, -0.2) is 9.37 Å². The predicted octanol–water partition coefficient (Wildman–Crippen LogP) is 4.80. The number of carbonyl (C=O) groups is 1. The summed E-state index contributed by atoms with van der Waals surface area (Å²) in [4.78, 5) is 20.9. The molecule has 1 aromatic carbocycles. The Bertz CT molecular complexity index is 958. The van der Waals surface area contributed by atoms with E-state index in [4.69, 9.17) is 9.72 Å². The average Bonchev–Trinajstić information content (AvgIpc) is 2.98. The van der Waals surface area contributed by atoms with Crippen LogP contribution in [-0.2, 0) is 22.7 Å². The zero-order valence-electron chi connectivity index (χ0n) is 16.1. The molecule has 0 amide bonds. The third-order valence-corrected chi connectivity index (χ3v) is 5.19. The van der Waals surface area contributed by atoms with Gasteiger partial charge in [0.1, 0.15) is 23.3 Å². The molecular formula is C21H22FN3O2S. The highest BCUT2D eigenvalue weighted by Gasteiger charge is 2.21. The second-order valence-corrected chi connectivity index (χ2v) is 7.72. The highest BCUT2D eigenvalue weighted by molar-refractivity contribution is 7.99. The Kier molecular flexibility index (Phi) is 6.46. The Labute approximate surface area is 168 Å². The number of imidazole rings is 1. The van der Waals surface area contributed by atoms with Crippen molar-refractivity contribution in [2.75, 3.05) is 0 Å². The monoisotopic (exact) mass is 399 g/mol. The van der Waals surface area contributed by atoms with Crippen LogP contribution in [0.2, 0.25) is 0 Å². The second-order valence-electron chi connectivity index (χ2n) is 6.65. The number of nitrogens with zero attached hydrogens (tertiary/aromatic N) is 3. The third kappa shape index (κ3) is 4.98. The van der Waals surface area contributed by atoms with Gasteiger partial charge in [-0.2, -0.15) is 0 Å². The zero-order chi connectivity index (χ0) is 20.1. The third-order valence-electron chi connectivity index (χ3n) is 4.08. The van der Waals surface area contributed by atoms with Crippen LogP contribution >= 0.6 is 11.8 Å². The number of carbonyl (C=O) groups excluding carboxylic acids is 1. The fourth-order valence-corrected chi connectivity index (χ4v) is 3.95. The van der Waals surface area contributed by atoms with Gasteiger partial charge in [0.2, 0.25) is 0 Å². The first kappa shape index (κ1) is 20.1. The number of pyridine rings is 1. The number of benzene rings is 1. The first-order chi connectivity index (χ1) is 13.4. The highest BCUT2D eigenvalue weighted by atomic mass is 32.2. The first-order valence-corrected chi connectivity index (χ1v) is 9.80. The van der Waals surface area contributed by atoms with E-state index < -0.39 is 0 Å². The molecule has 3 rings (SSSR count). The van der Waals surface area contributed by atoms with E-state index in [1.165, 1.54) is 30.8 Å². The molecule has 5 nitrogen and oxygen atoms in total. The molecule has 0 aliphatic rings. The molecule has 0 bridgehead atoms. The molecular weight excluding hydrogens is 377 g/mol. The van der Waals surface area contributed by atoms with E-state index in [2.05, 4.69) is 18.8 Å². The quantitative estimate of drug-likeness (QED) is 0.534. The van der Waals surface area contributed by atoms with Gasteiger partial charge in [0.25, 0.3) is 0 Å². The van der Waals surface area contributed by atoms with Crippen LogP contribution in [-0.4, -0.2) is 20.5 Å². The molecule has 2 aromatic heterocycles. The summed E-state index contributed by atoms with van der Waals surface area (Å²) in [5.74, 6) is 0.181. The SMILES string of the molecule is CC(=O)OCc1nc(C(C)C)c(Sc2cccc(F)c2)n1Cc1ccncc1. The maximum absolute atomic E-state index is 13.7. The lowest BCUT2D eigenvalue weighted by molar-refractivity contribution is -0.142. The molecule has 146 valence electrons. The summed E-state index contributed by atoms with van der Waals surface area (Å²) in [7, 11) is 0. The standard InChI is InChI=1S/C21H22FN3O2S/c1-14(2)20-21(28-18-6-4-5-17(22)11-18)25(12-16-7-9-23-10-8-16)19(24-20)13-27-15(3)26/h4-11,14H,12-13H2,1-3H3. The minimum atomic E-state index is -0.358. The number of hydrogen-bond donors (Lipinski definition) is 0. The van der Waals surface area contributed by atoms with E-state index in [1.807, 2.05) is 22.8 Å². The lowest BCUT2D eigenvalue weighted by Crippen LogP contribution is -2.10. The van der Waals surface area contributed by atoms with Gasteiger partial charge >= 0.3 is 5.97 Å². The van der Waals surface area contributed by atoms with Gasteiger partial charge in [0, 0.05) is 24.2 Å². The van der Waals surface area contributed by atoms with Gasteiger partial charge in [-0.3, -0.25) is 9.78 Å². The second kappa shape index (κ2) is 9.01. The van der Waals surface area contributed by atoms with Crippen molar-refractivity contribution in [3.63, 3.8) is 0 Å². The van der Waals surface area contributed by atoms with Gasteiger partial charge < -0.3 is 9.30 Å². The number of halogens is 1. The minimum absolute atomic E-state index is 0.0872. The molecule has 0 fully saturated rings. The molecule has 0 aliphatic heterocycles. The minimum Gasteiger partial charge on any atom is -0.458 e. The predicted molar refractivity (Wildman–Crippen MR) is 106 cm³/mol. The van der Waals surface area contributed by atoms with Crippen molar-refractivity contribution in [3.8, 4) is 0 Å². The lowest BCUT2D eigenvalue weighted by atomic mass is 10.1. The van der Waals surface area contributed by atoms with Crippen molar-refractivity contribution in [3.05, 3.63) is 71.7 Å². The van der Waals surface area contributed by atoms with Crippen LogP contribution in [0.1, 0.15) is 43.8 Å². The summed E-state index contributed by atoms with van der Waals surface area (Å²) in [6.07, 6.45) is 3.47. The number of rotatable bonds is 7. The van der Waals surface area contributed by atoms with E-state index in [0.29, 0.717) is 12.4 Å². The van der Waals surface area contributed by atoms with Gasteiger partial charge in [-0.05, 0) is 41.8 Å². The molecule has 7 heteroatoms. The number of hydrogen-bond acceptors (Lipinski definition) is 5. The van der Waals surface area contributed by atoms with Crippen molar-refractivity contribution in [1.29, 1.82) is 0 Å². The largest absolute Gasteiger partial charge is 0.458 e. The summed E-state index contributed by atoms with van der Waals surface area (Å²) >= 11 is 1.46. The number of ether oxygens (including phenoxy) is 1. The van der Waals surface area contributed by atoms with Crippen molar-refractivity contribution in [1.82, 2.24) is 14.5 Å². The maximum atomic E-state index is 13.7. The maximum Gasteiger partial charge on any atom is 0.303 e. The van der Waals surface area contributed by atoms with E-state index in [0.717, 1.165) is 21.2 Å². The van der Waals surface area contributed by atoms with E-state index >= 15 is 0 Å². The van der Waals surface area contributed by atoms with Crippen LogP contribution < -0.4 is 0 Å². The zero-order valence-corrected chi connectivity index (χ0v) is 16.9. The van der Waals surface area contributed by atoms with Crippen LogP contribution in [0.5, 0.6) is 0 Å². The molecule has 0 radical (unpaired) electrons. The summed E-state index contributed by atoms with van der Waals surface area (Å²) in [5.41, 5.74) is 1.94. The molecule has 0 aliphatic carbocycles. The smallest absolute Gasteiger partial charge is 0.303 e. The fraction of sp³-hybridized carbons (Fsp3) is 0.286. The molecule has 2 heterocycles. The first-order valence-electron chi connectivity index (χ1n) is 8.99. The Morgan fingerprint density at radius 2 is 2.00 bits per heavy atom. The van der Waals surface area contributed by atoms with Gasteiger partial charge in [-0.15, -0.1) is 0 Å². The van der Waals surface area contributed by atoms with Crippen molar-refractivity contribution in [2.45, 2.75) is 49.8 Å². The Morgan fingerprint density at radius 3 is 2.64 bits per heavy atom. The van der Waals surface area contributed by atoms with Crippen LogP contribution in [0.3, 0.4) is 0 Å². The fourth-order valence-electron chi connectivity index (χ4n) is 2.74. The topological polar surface area (TPSA) is 57.0 Å². The van der Waals surface area contributed by atoms with Gasteiger partial charge in [-0.1, -0.05) is 31.7 Å². The molecule has 0 saturated heterocycles. The summed E-state index contributed by atoms with van der Waals surface area (Å²) in [5, 5.41) is 0.916. The Morgan fingerprint density at radius 1 is 1.25 bits per heavy atom. The van der Waals surface area contributed by atoms with Crippen molar-refractivity contribution < 1.29 is 13.9 Å². The number of esters is 1. The molecule has 28 heavy (non-hydrogen) atoms. The highest BCUT2D eigenvalue weighted by Crippen LogP contribution is 2.35. The Balaban J connectivity index is 2.06. The van der Waals surface area contributed by atoms with Crippen molar-refractivity contribution >= 4 is 17.7 Å². The molecule has 3 aromatic rings. The summed E-state index contributed by atoms with van der Waals surface area (Å²) in [6, 6.07) is 10.4. The lowest BCUT2D eigenvalue weighted by Gasteiger charge is -2.13. The molecule has 0 saturated carbocycles. The van der Waals surface area contributed by atoms with Crippen LogP contribution in [0, 0.1) is 5.82 Å². The molecule has 0 spiro atoms. The average molecular weight is 399 g/mol. The van der Waals surface area contributed by atoms with E-state index in [1.54, 1.807) is 18.5 Å². The van der Waals surface area contributed by atoms with Crippen LogP contribution in [0.4, 0.5) is 4.39 Å². The van der Waals surface area contributed by atoms with Crippen molar-refractivity contribution in [2.24, 2.45) is 0 Å². The Hall–Kier alpha value is -2.67. The van der Waals surface area contributed by atoms with Gasteiger partial charge in [0.15, 0.2) is 0 Å². The normalized spacial score (nSPS) is 11.0. The molecule has 0 unspecified atom stereocenters. The summed E-state index contributed by atoms with van der Waals surface area (Å²) < 4.78 is 20.9. The van der Waals surface area contributed by atoms with E-state index in [-0.39, 0.29) is 24.3 Å². The van der Waals surface area contributed by atoms with Gasteiger partial charge in [0.05, 0.1) is 12.2 Å².